The standard InChI is InChI=1S/C14H23NO3S2/c1-12-8-9-14(19-12)20(16,17)15-10-5-11-18-13-6-3-2-4-7-13/h8-9,13,15H,2-7,10-11H2,1H3. The first-order valence-electron chi connectivity index (χ1n) is 7.25. The summed E-state index contributed by atoms with van der Waals surface area (Å²) in [5, 5.41) is 0. The molecule has 0 aliphatic heterocycles. The van der Waals surface area contributed by atoms with Crippen molar-refractivity contribution in [2.75, 3.05) is 13.2 Å². The number of sulfonamides is 1. The molecule has 4 nitrogen and oxygen atoms in total. The summed E-state index contributed by atoms with van der Waals surface area (Å²) in [6, 6.07) is 3.48. The second-order valence-electron chi connectivity index (χ2n) is 5.25. The zero-order valence-electron chi connectivity index (χ0n) is 11.9. The predicted molar refractivity (Wildman–Crippen MR) is 81.7 cm³/mol. The van der Waals surface area contributed by atoms with Gasteiger partial charge in [0, 0.05) is 18.0 Å². The minimum Gasteiger partial charge on any atom is -0.378 e. The largest absolute Gasteiger partial charge is 0.378 e. The van der Waals surface area contributed by atoms with Crippen molar-refractivity contribution >= 4 is 21.4 Å². The van der Waals surface area contributed by atoms with Gasteiger partial charge >= 0.3 is 0 Å². The predicted octanol–water partition coefficient (Wildman–Crippen LogP) is 3.07. The Morgan fingerprint density at radius 1 is 1.30 bits per heavy atom. The van der Waals surface area contributed by atoms with Gasteiger partial charge in [0.1, 0.15) is 4.21 Å². The summed E-state index contributed by atoms with van der Waals surface area (Å²) in [6.45, 7) is 2.98. The summed E-state index contributed by atoms with van der Waals surface area (Å²) >= 11 is 1.30. The van der Waals surface area contributed by atoms with Crippen LogP contribution < -0.4 is 4.72 Å². The van der Waals surface area contributed by atoms with Crippen LogP contribution in [0.2, 0.25) is 0 Å². The van der Waals surface area contributed by atoms with E-state index in [0.717, 1.165) is 24.1 Å². The summed E-state index contributed by atoms with van der Waals surface area (Å²) in [6.07, 6.45) is 7.25. The fraction of sp³-hybridized carbons (Fsp3) is 0.714. The quantitative estimate of drug-likeness (QED) is 0.786. The number of aryl methyl sites for hydroxylation is 1. The average Bonchev–Trinajstić information content (AvgIpc) is 2.87. The lowest BCUT2D eigenvalue weighted by molar-refractivity contribution is 0.0278. The molecule has 0 bridgehead atoms. The second kappa shape index (κ2) is 7.54. The van der Waals surface area contributed by atoms with Crippen LogP contribution in [-0.2, 0) is 14.8 Å². The molecule has 1 aliphatic rings. The maximum absolute atomic E-state index is 12.0. The third-order valence-corrected chi connectivity index (χ3v) is 6.45. The SMILES string of the molecule is Cc1ccc(S(=O)(=O)NCCCOC2CCCCC2)s1. The van der Waals surface area contributed by atoms with Crippen molar-refractivity contribution in [2.45, 2.75) is 55.8 Å². The fourth-order valence-electron chi connectivity index (χ4n) is 2.39. The van der Waals surface area contributed by atoms with E-state index in [1.165, 1.54) is 30.6 Å². The monoisotopic (exact) mass is 317 g/mol. The number of hydrogen-bond acceptors (Lipinski definition) is 4. The van der Waals surface area contributed by atoms with Gasteiger partial charge < -0.3 is 4.74 Å². The van der Waals surface area contributed by atoms with Crippen LogP contribution >= 0.6 is 11.3 Å². The molecule has 1 N–H and O–H groups in total. The zero-order chi connectivity index (χ0) is 14.4. The second-order valence-corrected chi connectivity index (χ2v) is 8.53. The highest BCUT2D eigenvalue weighted by atomic mass is 32.2. The van der Waals surface area contributed by atoms with E-state index in [9.17, 15) is 8.42 Å². The normalized spacial score (nSPS) is 17.4. The lowest BCUT2D eigenvalue weighted by Gasteiger charge is -2.21. The molecule has 2 rings (SSSR count). The van der Waals surface area contributed by atoms with Gasteiger partial charge in [0.2, 0.25) is 10.0 Å². The van der Waals surface area contributed by atoms with E-state index in [-0.39, 0.29) is 0 Å². The molecule has 6 heteroatoms. The topological polar surface area (TPSA) is 55.4 Å². The van der Waals surface area contributed by atoms with E-state index in [0.29, 0.717) is 23.5 Å². The van der Waals surface area contributed by atoms with Crippen LogP contribution in [0.4, 0.5) is 0 Å². The number of nitrogens with one attached hydrogen (secondary N) is 1. The Hall–Kier alpha value is -0.430. The Kier molecular flexibility index (Phi) is 6.01. The van der Waals surface area contributed by atoms with Crippen molar-refractivity contribution < 1.29 is 13.2 Å². The van der Waals surface area contributed by atoms with Crippen LogP contribution in [-0.4, -0.2) is 27.7 Å². The molecule has 1 aliphatic carbocycles. The van der Waals surface area contributed by atoms with Gasteiger partial charge in [-0.2, -0.15) is 0 Å². The minimum absolute atomic E-state index is 0.389. The van der Waals surface area contributed by atoms with E-state index in [1.807, 2.05) is 13.0 Å². The lowest BCUT2D eigenvalue weighted by Crippen LogP contribution is -2.25. The molecule has 0 amide bonds. The Labute approximate surface area is 125 Å². The van der Waals surface area contributed by atoms with E-state index in [1.54, 1.807) is 6.07 Å². The third kappa shape index (κ3) is 4.84. The van der Waals surface area contributed by atoms with E-state index in [4.69, 9.17) is 4.74 Å². The first kappa shape index (κ1) is 15.9. The van der Waals surface area contributed by atoms with Crippen molar-refractivity contribution in [2.24, 2.45) is 0 Å². The van der Waals surface area contributed by atoms with E-state index in [2.05, 4.69) is 4.72 Å². The van der Waals surface area contributed by atoms with Crippen LogP contribution in [0.5, 0.6) is 0 Å². The van der Waals surface area contributed by atoms with Gasteiger partial charge in [-0.1, -0.05) is 19.3 Å². The summed E-state index contributed by atoms with van der Waals surface area (Å²) in [5.74, 6) is 0. The zero-order valence-corrected chi connectivity index (χ0v) is 13.6. The van der Waals surface area contributed by atoms with Crippen LogP contribution in [0.25, 0.3) is 0 Å². The molecule has 1 saturated carbocycles. The van der Waals surface area contributed by atoms with Crippen LogP contribution in [0, 0.1) is 6.92 Å². The summed E-state index contributed by atoms with van der Waals surface area (Å²) < 4.78 is 32.7. The molecule has 0 atom stereocenters. The molecule has 0 radical (unpaired) electrons. The van der Waals surface area contributed by atoms with Crippen LogP contribution in [0.3, 0.4) is 0 Å². The number of thiophene rings is 1. The highest BCUT2D eigenvalue weighted by Gasteiger charge is 2.16. The van der Waals surface area contributed by atoms with Gasteiger partial charge in [0.05, 0.1) is 6.10 Å². The first-order chi connectivity index (χ1) is 9.58. The van der Waals surface area contributed by atoms with Crippen molar-refractivity contribution in [3.8, 4) is 0 Å². The third-order valence-electron chi connectivity index (χ3n) is 3.50. The molecule has 0 saturated heterocycles. The molecule has 114 valence electrons. The maximum Gasteiger partial charge on any atom is 0.250 e. The highest BCUT2D eigenvalue weighted by Crippen LogP contribution is 2.21. The van der Waals surface area contributed by atoms with Crippen molar-refractivity contribution in [3.05, 3.63) is 17.0 Å². The molecular formula is C14H23NO3S2. The molecule has 1 heterocycles. The number of rotatable bonds is 7. The molecule has 1 aromatic heterocycles. The van der Waals surface area contributed by atoms with Gasteiger partial charge in [-0.05, 0) is 38.3 Å². The van der Waals surface area contributed by atoms with Gasteiger partial charge in [0.15, 0.2) is 0 Å². The Morgan fingerprint density at radius 2 is 2.05 bits per heavy atom. The maximum atomic E-state index is 12.0. The smallest absolute Gasteiger partial charge is 0.250 e. The Bertz CT molecular complexity index is 504. The molecule has 0 unspecified atom stereocenters. The molecule has 1 fully saturated rings. The average molecular weight is 317 g/mol. The van der Waals surface area contributed by atoms with E-state index >= 15 is 0 Å². The lowest BCUT2D eigenvalue weighted by atomic mass is 9.98. The molecule has 1 aromatic rings. The van der Waals surface area contributed by atoms with Crippen molar-refractivity contribution in [1.82, 2.24) is 4.72 Å². The molecular weight excluding hydrogens is 294 g/mol. The van der Waals surface area contributed by atoms with Crippen LogP contribution in [0.15, 0.2) is 16.3 Å². The number of ether oxygens (including phenoxy) is 1. The molecule has 0 spiro atoms. The summed E-state index contributed by atoms with van der Waals surface area (Å²) in [7, 11) is -3.33. The Morgan fingerprint density at radius 3 is 2.70 bits per heavy atom. The summed E-state index contributed by atoms with van der Waals surface area (Å²) in [5.41, 5.74) is 0. The van der Waals surface area contributed by atoms with Gasteiger partial charge in [-0.15, -0.1) is 11.3 Å². The first-order valence-corrected chi connectivity index (χ1v) is 9.55. The van der Waals surface area contributed by atoms with Crippen LogP contribution in [0.1, 0.15) is 43.4 Å². The van der Waals surface area contributed by atoms with E-state index < -0.39 is 10.0 Å². The Balaban J connectivity index is 1.65. The van der Waals surface area contributed by atoms with Crippen molar-refractivity contribution in [3.63, 3.8) is 0 Å². The van der Waals surface area contributed by atoms with Gasteiger partial charge in [-0.3, -0.25) is 0 Å². The van der Waals surface area contributed by atoms with Gasteiger partial charge in [0.25, 0.3) is 0 Å². The molecule has 20 heavy (non-hydrogen) atoms. The minimum atomic E-state index is -3.33. The molecule has 0 aromatic carbocycles. The summed E-state index contributed by atoms with van der Waals surface area (Å²) in [4.78, 5) is 1.01. The fourth-order valence-corrected chi connectivity index (χ4v) is 4.79. The van der Waals surface area contributed by atoms with Crippen molar-refractivity contribution in [1.29, 1.82) is 0 Å². The van der Waals surface area contributed by atoms with Gasteiger partial charge in [-0.25, -0.2) is 13.1 Å². The highest BCUT2D eigenvalue weighted by molar-refractivity contribution is 7.91. The number of hydrogen-bond donors (Lipinski definition) is 1.